The number of hydrogen-bond donors (Lipinski definition) is 2. The van der Waals surface area contributed by atoms with Gasteiger partial charge >= 0.3 is 5.97 Å². The van der Waals surface area contributed by atoms with E-state index in [-0.39, 0.29) is 22.9 Å². The van der Waals surface area contributed by atoms with Crippen molar-refractivity contribution in [3.8, 4) is 0 Å². The summed E-state index contributed by atoms with van der Waals surface area (Å²) in [6.07, 6.45) is 1.34. The molecular weight excluding hydrogens is 290 g/mol. The molecule has 0 radical (unpaired) electrons. The number of thiophene rings is 1. The van der Waals surface area contributed by atoms with E-state index in [2.05, 4.69) is 0 Å². The van der Waals surface area contributed by atoms with Crippen LogP contribution in [-0.2, 0) is 10.0 Å². The molecule has 1 aromatic rings. The molecule has 0 unspecified atom stereocenters. The van der Waals surface area contributed by atoms with Crippen molar-refractivity contribution < 1.29 is 23.4 Å². The third-order valence-corrected chi connectivity index (χ3v) is 6.28. The van der Waals surface area contributed by atoms with Gasteiger partial charge in [0.2, 0.25) is 0 Å². The van der Waals surface area contributed by atoms with Crippen LogP contribution < -0.4 is 0 Å². The average Bonchev–Trinajstić information content (AvgIpc) is 2.75. The van der Waals surface area contributed by atoms with Crippen molar-refractivity contribution in [2.24, 2.45) is 0 Å². The van der Waals surface area contributed by atoms with E-state index in [1.807, 2.05) is 6.92 Å². The molecule has 8 heteroatoms. The van der Waals surface area contributed by atoms with Crippen molar-refractivity contribution in [1.82, 2.24) is 4.31 Å². The molecule has 6 nitrogen and oxygen atoms in total. The molecule has 2 rings (SSSR count). The van der Waals surface area contributed by atoms with Crippen LogP contribution in [-0.4, -0.2) is 47.6 Å². The molecule has 2 heterocycles. The number of hydrogen-bond acceptors (Lipinski definition) is 5. The summed E-state index contributed by atoms with van der Waals surface area (Å²) in [7, 11) is -3.68. The van der Waals surface area contributed by atoms with E-state index in [0.717, 1.165) is 23.8 Å². The summed E-state index contributed by atoms with van der Waals surface area (Å²) in [6, 6.07) is 1.15. The van der Waals surface area contributed by atoms with Gasteiger partial charge in [-0.05, 0) is 12.5 Å². The summed E-state index contributed by atoms with van der Waals surface area (Å²) in [4.78, 5) is 10.7. The maximum absolute atomic E-state index is 12.2. The Hall–Kier alpha value is -0.960. The Morgan fingerprint density at radius 1 is 1.53 bits per heavy atom. The number of carbonyl (C=O) groups is 1. The van der Waals surface area contributed by atoms with Gasteiger partial charge in [-0.2, -0.15) is 4.31 Å². The molecule has 0 aliphatic carbocycles. The zero-order valence-electron chi connectivity index (χ0n) is 10.4. The van der Waals surface area contributed by atoms with Crippen LogP contribution in [0.1, 0.15) is 30.1 Å². The van der Waals surface area contributed by atoms with Gasteiger partial charge in [-0.25, -0.2) is 13.2 Å². The molecule has 0 bridgehead atoms. The first kappa shape index (κ1) is 14.4. The van der Waals surface area contributed by atoms with E-state index >= 15 is 0 Å². The van der Waals surface area contributed by atoms with Gasteiger partial charge in [0.25, 0.3) is 10.0 Å². The van der Waals surface area contributed by atoms with Gasteiger partial charge in [-0.3, -0.25) is 0 Å². The third-order valence-electron chi connectivity index (χ3n) is 3.07. The van der Waals surface area contributed by atoms with Gasteiger partial charge in [0.1, 0.15) is 4.21 Å². The summed E-state index contributed by atoms with van der Waals surface area (Å²) in [5.41, 5.74) is -0.970. The Morgan fingerprint density at radius 2 is 2.16 bits per heavy atom. The van der Waals surface area contributed by atoms with Crippen LogP contribution in [0.2, 0.25) is 0 Å². The number of carboxylic acid groups (broad SMARTS) is 1. The van der Waals surface area contributed by atoms with Crippen LogP contribution in [0.5, 0.6) is 0 Å². The van der Waals surface area contributed by atoms with Crippen LogP contribution in [0.15, 0.2) is 15.7 Å². The second kappa shape index (κ2) is 4.86. The zero-order chi connectivity index (χ0) is 14.3. The molecule has 0 spiro atoms. The largest absolute Gasteiger partial charge is 0.478 e. The first-order valence-corrected chi connectivity index (χ1v) is 8.15. The normalized spacial score (nSPS) is 19.1. The smallest absolute Gasteiger partial charge is 0.336 e. The Balaban J connectivity index is 2.14. The molecule has 0 amide bonds. The molecule has 1 aromatic heterocycles. The Morgan fingerprint density at radius 3 is 2.63 bits per heavy atom. The lowest BCUT2D eigenvalue weighted by molar-refractivity contribution is -0.0652. The highest BCUT2D eigenvalue weighted by atomic mass is 32.2. The van der Waals surface area contributed by atoms with E-state index in [1.165, 1.54) is 9.69 Å². The van der Waals surface area contributed by atoms with Gasteiger partial charge in [0, 0.05) is 18.5 Å². The number of rotatable bonds is 5. The van der Waals surface area contributed by atoms with E-state index in [1.54, 1.807) is 0 Å². The van der Waals surface area contributed by atoms with Crippen LogP contribution in [0.3, 0.4) is 0 Å². The van der Waals surface area contributed by atoms with E-state index in [0.29, 0.717) is 6.42 Å². The average molecular weight is 305 g/mol. The summed E-state index contributed by atoms with van der Waals surface area (Å²) in [5, 5.41) is 20.1. The fourth-order valence-electron chi connectivity index (χ4n) is 2.09. The number of β-amino-alcohol motifs (C(OH)–C–C–N with tert-alkyl or cyclic N) is 1. The van der Waals surface area contributed by atoms with Crippen molar-refractivity contribution >= 4 is 27.3 Å². The summed E-state index contributed by atoms with van der Waals surface area (Å²) in [5.74, 6) is -1.15. The number of sulfonamides is 1. The predicted molar refractivity (Wildman–Crippen MR) is 69.9 cm³/mol. The lowest BCUT2D eigenvalue weighted by atomic mass is 9.92. The fraction of sp³-hybridized carbons (Fsp3) is 0.545. The van der Waals surface area contributed by atoms with Crippen molar-refractivity contribution in [2.45, 2.75) is 29.6 Å². The molecule has 0 aromatic carbocycles. The van der Waals surface area contributed by atoms with Gasteiger partial charge in [-0.1, -0.05) is 13.3 Å². The minimum absolute atomic E-state index is 0.00319. The van der Waals surface area contributed by atoms with E-state index in [4.69, 9.17) is 5.11 Å². The molecule has 1 aliphatic rings. The van der Waals surface area contributed by atoms with Gasteiger partial charge < -0.3 is 10.2 Å². The standard InChI is InChI=1S/C11H15NO5S2/c1-2-3-11(15)6-12(7-11)19(16,17)9-4-8(5-18-9)10(13)14/h4-5,15H,2-3,6-7H2,1H3,(H,13,14). The number of carboxylic acids is 1. The van der Waals surface area contributed by atoms with Crippen LogP contribution in [0.4, 0.5) is 0 Å². The monoisotopic (exact) mass is 305 g/mol. The Bertz CT molecular complexity index is 586. The van der Waals surface area contributed by atoms with Gasteiger partial charge in [-0.15, -0.1) is 11.3 Å². The first-order chi connectivity index (χ1) is 8.78. The maximum Gasteiger partial charge on any atom is 0.336 e. The molecule has 0 saturated carbocycles. The molecule has 1 aliphatic heterocycles. The van der Waals surface area contributed by atoms with Gasteiger partial charge in [0.05, 0.1) is 11.2 Å². The number of nitrogens with zero attached hydrogens (tertiary/aromatic N) is 1. The van der Waals surface area contributed by atoms with Crippen molar-refractivity contribution in [3.05, 3.63) is 17.0 Å². The Labute approximate surface area is 115 Å². The first-order valence-electron chi connectivity index (χ1n) is 5.83. The summed E-state index contributed by atoms with van der Waals surface area (Å²) in [6.45, 7) is 2.07. The predicted octanol–water partition coefficient (Wildman–Crippen LogP) is 0.982. The summed E-state index contributed by atoms with van der Waals surface area (Å²) < 4.78 is 25.5. The van der Waals surface area contributed by atoms with Crippen LogP contribution in [0.25, 0.3) is 0 Å². The highest BCUT2D eigenvalue weighted by Gasteiger charge is 2.46. The SMILES string of the molecule is CCCC1(O)CN(S(=O)(=O)c2cc(C(=O)O)cs2)C1. The highest BCUT2D eigenvalue weighted by Crippen LogP contribution is 2.33. The second-order valence-corrected chi connectivity index (χ2v) is 7.78. The quantitative estimate of drug-likeness (QED) is 0.845. The molecule has 106 valence electrons. The number of aliphatic hydroxyl groups is 1. The number of aromatic carboxylic acids is 1. The van der Waals surface area contributed by atoms with Crippen molar-refractivity contribution in [2.75, 3.05) is 13.1 Å². The van der Waals surface area contributed by atoms with Gasteiger partial charge in [0.15, 0.2) is 0 Å². The fourth-order valence-corrected chi connectivity index (χ4v) is 5.00. The third kappa shape index (κ3) is 2.66. The van der Waals surface area contributed by atoms with Crippen LogP contribution >= 0.6 is 11.3 Å². The molecule has 1 fully saturated rings. The maximum atomic E-state index is 12.2. The van der Waals surface area contributed by atoms with E-state index in [9.17, 15) is 18.3 Å². The second-order valence-electron chi connectivity index (χ2n) is 4.71. The minimum Gasteiger partial charge on any atom is -0.478 e. The van der Waals surface area contributed by atoms with E-state index < -0.39 is 21.6 Å². The molecule has 1 saturated heterocycles. The lowest BCUT2D eigenvalue weighted by Crippen LogP contribution is -2.63. The van der Waals surface area contributed by atoms with Crippen molar-refractivity contribution in [3.63, 3.8) is 0 Å². The molecular formula is C11H15NO5S2. The minimum atomic E-state index is -3.68. The molecule has 2 N–H and O–H groups in total. The molecule has 0 atom stereocenters. The zero-order valence-corrected chi connectivity index (χ0v) is 12.0. The summed E-state index contributed by atoms with van der Waals surface area (Å²) >= 11 is 0.884. The van der Waals surface area contributed by atoms with Crippen molar-refractivity contribution in [1.29, 1.82) is 0 Å². The Kier molecular flexibility index (Phi) is 3.69. The topological polar surface area (TPSA) is 94.9 Å². The molecule has 19 heavy (non-hydrogen) atoms. The highest BCUT2D eigenvalue weighted by molar-refractivity contribution is 7.91. The lowest BCUT2D eigenvalue weighted by Gasteiger charge is -2.45. The van der Waals surface area contributed by atoms with Crippen LogP contribution in [0, 0.1) is 0 Å².